The molecule has 0 bridgehead atoms. The maximum Gasteiger partial charge on any atom is 0.328 e. The van der Waals surface area contributed by atoms with Gasteiger partial charge in [0.2, 0.25) is 0 Å². The molecule has 1 N–H and O–H groups in total. The monoisotopic (exact) mass is 414 g/mol. The number of fused-ring (bicyclic) bond motifs is 1. The van der Waals surface area contributed by atoms with Gasteiger partial charge < -0.3 is 14.8 Å². The van der Waals surface area contributed by atoms with Crippen molar-refractivity contribution in [1.29, 1.82) is 0 Å². The Kier molecular flexibility index (Phi) is 5.18. The SMILES string of the molecule is CC(C)Cn1c(=O)[nH]c2c(C(=O)N3CCN(c4ccccn4)CC3)snc2c1=O. The molecule has 10 heteroatoms. The van der Waals surface area contributed by atoms with E-state index < -0.39 is 11.2 Å². The zero-order valence-corrected chi connectivity index (χ0v) is 17.1. The molecule has 0 aromatic carbocycles. The Morgan fingerprint density at radius 1 is 1.21 bits per heavy atom. The number of hydrogen-bond acceptors (Lipinski definition) is 7. The lowest BCUT2D eigenvalue weighted by Gasteiger charge is -2.35. The minimum atomic E-state index is -0.509. The molecule has 0 saturated carbocycles. The van der Waals surface area contributed by atoms with Gasteiger partial charge in [0.05, 0.1) is 5.52 Å². The van der Waals surface area contributed by atoms with Crippen molar-refractivity contribution in [1.82, 2.24) is 23.8 Å². The molecule has 3 aromatic rings. The minimum Gasteiger partial charge on any atom is -0.353 e. The highest BCUT2D eigenvalue weighted by atomic mass is 32.1. The van der Waals surface area contributed by atoms with E-state index in [-0.39, 0.29) is 22.9 Å². The first-order chi connectivity index (χ1) is 14.0. The fourth-order valence-corrected chi connectivity index (χ4v) is 4.24. The maximum atomic E-state index is 13.0. The van der Waals surface area contributed by atoms with Gasteiger partial charge in [-0.3, -0.25) is 14.2 Å². The van der Waals surface area contributed by atoms with Gasteiger partial charge in [0.15, 0.2) is 5.52 Å². The third-order valence-electron chi connectivity index (χ3n) is 4.90. The third-order valence-corrected chi connectivity index (χ3v) is 5.73. The number of piperazine rings is 1. The van der Waals surface area contributed by atoms with Gasteiger partial charge in [0.1, 0.15) is 10.7 Å². The van der Waals surface area contributed by atoms with Crippen LogP contribution in [-0.4, -0.2) is 55.9 Å². The van der Waals surface area contributed by atoms with Crippen LogP contribution in [0.1, 0.15) is 23.5 Å². The van der Waals surface area contributed by atoms with Crippen LogP contribution in [0.5, 0.6) is 0 Å². The Balaban J connectivity index is 1.57. The minimum absolute atomic E-state index is 0.140. The molecule has 152 valence electrons. The van der Waals surface area contributed by atoms with Crippen LogP contribution in [-0.2, 0) is 6.54 Å². The number of nitrogens with one attached hydrogen (secondary N) is 1. The summed E-state index contributed by atoms with van der Waals surface area (Å²) in [5.41, 5.74) is -0.578. The van der Waals surface area contributed by atoms with Crippen molar-refractivity contribution in [2.75, 3.05) is 31.1 Å². The van der Waals surface area contributed by atoms with E-state index in [4.69, 9.17) is 0 Å². The second-order valence-electron chi connectivity index (χ2n) is 7.44. The Bertz CT molecular complexity index is 1140. The summed E-state index contributed by atoms with van der Waals surface area (Å²) in [7, 11) is 0. The fourth-order valence-electron chi connectivity index (χ4n) is 3.45. The second kappa shape index (κ2) is 7.78. The Morgan fingerprint density at radius 3 is 2.62 bits per heavy atom. The first-order valence-corrected chi connectivity index (χ1v) is 10.3. The Morgan fingerprint density at radius 2 is 1.97 bits per heavy atom. The summed E-state index contributed by atoms with van der Waals surface area (Å²) < 4.78 is 5.32. The molecule has 3 aromatic heterocycles. The standard InChI is InChI=1S/C19H22N6O3S/c1-12(2)11-25-17(26)15-14(21-19(25)28)16(29-22-15)18(27)24-9-7-23(8-10-24)13-5-3-4-6-20-13/h3-6,12H,7-11H2,1-2H3,(H,21,28). The topological polar surface area (TPSA) is 104 Å². The van der Waals surface area contributed by atoms with Crippen LogP contribution >= 0.6 is 11.5 Å². The summed E-state index contributed by atoms with van der Waals surface area (Å²) in [5, 5.41) is 0. The molecule has 1 aliphatic heterocycles. The molecule has 1 fully saturated rings. The first-order valence-electron chi connectivity index (χ1n) is 9.53. The summed E-state index contributed by atoms with van der Waals surface area (Å²) >= 11 is 0.962. The van der Waals surface area contributed by atoms with E-state index in [0.717, 1.165) is 21.9 Å². The van der Waals surface area contributed by atoms with Gasteiger partial charge in [-0.2, -0.15) is 4.37 Å². The van der Waals surface area contributed by atoms with Gasteiger partial charge in [-0.25, -0.2) is 9.78 Å². The van der Waals surface area contributed by atoms with Gasteiger partial charge in [-0.1, -0.05) is 19.9 Å². The van der Waals surface area contributed by atoms with Gasteiger partial charge in [0.25, 0.3) is 11.5 Å². The third kappa shape index (κ3) is 3.67. The lowest BCUT2D eigenvalue weighted by Crippen LogP contribution is -2.49. The van der Waals surface area contributed by atoms with E-state index in [1.54, 1.807) is 11.1 Å². The summed E-state index contributed by atoms with van der Waals surface area (Å²) in [4.78, 5) is 49.3. The van der Waals surface area contributed by atoms with E-state index in [1.165, 1.54) is 0 Å². The molecular weight excluding hydrogens is 392 g/mol. The Labute approximate surface area is 170 Å². The van der Waals surface area contributed by atoms with Crippen molar-refractivity contribution < 1.29 is 4.79 Å². The van der Waals surface area contributed by atoms with Crippen molar-refractivity contribution in [2.24, 2.45) is 5.92 Å². The average molecular weight is 414 g/mol. The van der Waals surface area contributed by atoms with Crippen molar-refractivity contribution in [3.8, 4) is 0 Å². The zero-order chi connectivity index (χ0) is 20.5. The fraction of sp³-hybridized carbons (Fsp3) is 0.421. The second-order valence-corrected chi connectivity index (χ2v) is 8.22. The van der Waals surface area contributed by atoms with E-state index in [1.807, 2.05) is 32.0 Å². The number of aromatic nitrogens is 4. The number of H-pyrrole nitrogens is 1. The number of pyridine rings is 1. The summed E-state index contributed by atoms with van der Waals surface area (Å²) in [6.07, 6.45) is 1.75. The van der Waals surface area contributed by atoms with Gasteiger partial charge in [-0.05, 0) is 29.6 Å². The highest BCUT2D eigenvalue weighted by Crippen LogP contribution is 2.21. The smallest absolute Gasteiger partial charge is 0.328 e. The van der Waals surface area contributed by atoms with E-state index >= 15 is 0 Å². The zero-order valence-electron chi connectivity index (χ0n) is 16.3. The quantitative estimate of drug-likeness (QED) is 0.687. The van der Waals surface area contributed by atoms with Gasteiger partial charge in [-0.15, -0.1) is 0 Å². The number of rotatable bonds is 4. The number of carbonyl (C=O) groups is 1. The number of amides is 1. The summed E-state index contributed by atoms with van der Waals surface area (Å²) in [6, 6.07) is 5.75. The van der Waals surface area contributed by atoms with Crippen LogP contribution in [0.25, 0.3) is 11.0 Å². The predicted octanol–water partition coefficient (Wildman–Crippen LogP) is 1.16. The normalized spacial score (nSPS) is 14.7. The van der Waals surface area contributed by atoms with Crippen LogP contribution in [0, 0.1) is 5.92 Å². The van der Waals surface area contributed by atoms with Crippen LogP contribution in [0.15, 0.2) is 34.0 Å². The first kappa shape index (κ1) is 19.3. The molecule has 0 unspecified atom stereocenters. The molecule has 4 rings (SSSR count). The van der Waals surface area contributed by atoms with Crippen molar-refractivity contribution in [2.45, 2.75) is 20.4 Å². The molecule has 9 nitrogen and oxygen atoms in total. The summed E-state index contributed by atoms with van der Waals surface area (Å²) in [5.74, 6) is 0.814. The Hall–Kier alpha value is -3.01. The van der Waals surface area contributed by atoms with Crippen LogP contribution in [0.4, 0.5) is 5.82 Å². The summed E-state index contributed by atoms with van der Waals surface area (Å²) in [6.45, 7) is 6.55. The molecule has 0 radical (unpaired) electrons. The highest BCUT2D eigenvalue weighted by Gasteiger charge is 2.27. The van der Waals surface area contributed by atoms with Crippen LogP contribution in [0.2, 0.25) is 0 Å². The molecular formula is C19H22N6O3S. The lowest BCUT2D eigenvalue weighted by atomic mass is 10.2. The highest BCUT2D eigenvalue weighted by molar-refractivity contribution is 7.09. The average Bonchev–Trinajstić information content (AvgIpc) is 3.15. The van der Waals surface area contributed by atoms with Crippen molar-refractivity contribution >= 4 is 34.3 Å². The van der Waals surface area contributed by atoms with Crippen LogP contribution in [0.3, 0.4) is 0 Å². The number of hydrogen-bond donors (Lipinski definition) is 1. The number of nitrogens with zero attached hydrogens (tertiary/aromatic N) is 5. The van der Waals surface area contributed by atoms with Gasteiger partial charge >= 0.3 is 5.69 Å². The van der Waals surface area contributed by atoms with E-state index in [2.05, 4.69) is 19.2 Å². The molecule has 1 amide bonds. The number of anilines is 1. The van der Waals surface area contributed by atoms with Crippen molar-refractivity contribution in [3.63, 3.8) is 0 Å². The number of carbonyl (C=O) groups excluding carboxylic acids is 1. The van der Waals surface area contributed by atoms with Gasteiger partial charge in [0, 0.05) is 38.9 Å². The van der Waals surface area contributed by atoms with Crippen molar-refractivity contribution in [3.05, 3.63) is 50.1 Å². The largest absolute Gasteiger partial charge is 0.353 e. The molecule has 29 heavy (non-hydrogen) atoms. The lowest BCUT2D eigenvalue weighted by molar-refractivity contribution is 0.0753. The molecule has 4 heterocycles. The van der Waals surface area contributed by atoms with E-state index in [9.17, 15) is 14.4 Å². The maximum absolute atomic E-state index is 13.0. The van der Waals surface area contributed by atoms with E-state index in [0.29, 0.717) is 37.6 Å². The predicted molar refractivity (Wildman–Crippen MR) is 112 cm³/mol. The van der Waals surface area contributed by atoms with Crippen LogP contribution < -0.4 is 16.1 Å². The number of aromatic amines is 1. The molecule has 0 atom stereocenters. The molecule has 1 aliphatic rings. The molecule has 1 saturated heterocycles. The molecule has 0 aliphatic carbocycles. The molecule has 0 spiro atoms.